The summed E-state index contributed by atoms with van der Waals surface area (Å²) >= 11 is 0.634. The number of hydrogen-bond donors (Lipinski definition) is 1. The lowest BCUT2D eigenvalue weighted by Crippen LogP contribution is -2.45. The van der Waals surface area contributed by atoms with Crippen LogP contribution < -0.4 is 9.62 Å². The van der Waals surface area contributed by atoms with Crippen molar-refractivity contribution in [3.8, 4) is 0 Å². The van der Waals surface area contributed by atoms with Gasteiger partial charge in [0.15, 0.2) is 0 Å². The van der Waals surface area contributed by atoms with Gasteiger partial charge in [-0.3, -0.25) is 10.1 Å². The number of rotatable bonds is 6. The first-order chi connectivity index (χ1) is 12.4. The van der Waals surface area contributed by atoms with Gasteiger partial charge >= 0.3 is 5.00 Å². The van der Waals surface area contributed by atoms with Gasteiger partial charge in [-0.15, -0.1) is 0 Å². The number of anilines is 1. The van der Waals surface area contributed by atoms with E-state index in [0.717, 1.165) is 37.6 Å². The van der Waals surface area contributed by atoms with Gasteiger partial charge in [0.1, 0.15) is 10.0 Å². The summed E-state index contributed by atoms with van der Waals surface area (Å²) in [6, 6.07) is 6.04. The number of piperazine rings is 1. The van der Waals surface area contributed by atoms with Crippen molar-refractivity contribution in [2.45, 2.75) is 10.8 Å². The molecule has 0 bridgehead atoms. The molecule has 1 fully saturated rings. The lowest BCUT2D eigenvalue weighted by atomic mass is 10.2. The van der Waals surface area contributed by atoms with Gasteiger partial charge in [0.2, 0.25) is 0 Å². The van der Waals surface area contributed by atoms with E-state index in [2.05, 4.69) is 26.6 Å². The van der Waals surface area contributed by atoms with Crippen LogP contribution in [0.4, 0.5) is 10.8 Å². The summed E-state index contributed by atoms with van der Waals surface area (Å²) in [7, 11) is -1.76. The molecule has 1 aliphatic rings. The topological polar surface area (TPSA) is 109 Å². The number of sulfonamides is 1. The molecule has 26 heavy (non-hydrogen) atoms. The highest BCUT2D eigenvalue weighted by molar-refractivity contribution is 7.91. The lowest BCUT2D eigenvalue weighted by molar-refractivity contribution is -0.380. The molecule has 140 valence electrons. The van der Waals surface area contributed by atoms with Crippen LogP contribution in [0, 0.1) is 10.1 Å². The summed E-state index contributed by atoms with van der Waals surface area (Å²) in [4.78, 5) is 18.9. The third-order valence-electron chi connectivity index (χ3n) is 4.13. The summed E-state index contributed by atoms with van der Waals surface area (Å²) in [5.74, 6) is 0.764. The maximum absolute atomic E-state index is 12.4. The monoisotopic (exact) mass is 397 g/mol. The number of nitro groups is 1. The molecular weight excluding hydrogens is 378 g/mol. The molecular formula is C15H19N5O4S2. The largest absolute Gasteiger partial charge is 0.354 e. The van der Waals surface area contributed by atoms with Crippen molar-refractivity contribution in [2.75, 3.05) is 38.1 Å². The fourth-order valence-electron chi connectivity index (χ4n) is 2.67. The molecule has 9 nitrogen and oxygen atoms in total. The van der Waals surface area contributed by atoms with E-state index in [1.54, 1.807) is 12.3 Å². The number of nitrogens with zero attached hydrogens (tertiary/aromatic N) is 4. The second-order valence-corrected chi connectivity index (χ2v) is 9.01. The average molecular weight is 397 g/mol. The maximum Gasteiger partial charge on any atom is 0.325 e. The molecule has 11 heteroatoms. The summed E-state index contributed by atoms with van der Waals surface area (Å²) in [5, 5.41) is 10.5. The minimum Gasteiger partial charge on any atom is -0.354 e. The minimum absolute atomic E-state index is 0.0730. The Balaban J connectivity index is 1.74. The van der Waals surface area contributed by atoms with Gasteiger partial charge < -0.3 is 9.80 Å². The molecule has 0 aromatic carbocycles. The molecule has 3 heterocycles. The zero-order chi connectivity index (χ0) is 18.7. The van der Waals surface area contributed by atoms with Crippen molar-refractivity contribution in [3.63, 3.8) is 0 Å². The van der Waals surface area contributed by atoms with E-state index in [1.165, 1.54) is 12.1 Å². The van der Waals surface area contributed by atoms with Crippen LogP contribution in [0.5, 0.6) is 0 Å². The standard InChI is InChI=1S/C15H19N5O4S2/c1-18-7-9-19(10-8-18)15-12(3-2-6-16-15)11-17-26(23,24)14-5-4-13(25-14)20(21)22/h2-6,17H,7-11H2,1H3. The SMILES string of the molecule is CN1CCN(c2ncccc2CNS(=O)(=O)c2ccc([N+](=O)[O-])s2)CC1. The van der Waals surface area contributed by atoms with E-state index < -0.39 is 14.9 Å². The first kappa shape index (κ1) is 18.7. The normalized spacial score (nSPS) is 16.0. The predicted molar refractivity (Wildman–Crippen MR) is 98.9 cm³/mol. The second-order valence-electron chi connectivity index (χ2n) is 5.95. The van der Waals surface area contributed by atoms with E-state index in [1.807, 2.05) is 6.07 Å². The first-order valence-corrected chi connectivity index (χ1v) is 10.3. The Bertz CT molecular complexity index is 891. The van der Waals surface area contributed by atoms with Gasteiger partial charge in [-0.2, -0.15) is 0 Å². The quantitative estimate of drug-likeness (QED) is 0.578. The smallest absolute Gasteiger partial charge is 0.325 e. The Labute approximate surface area is 155 Å². The molecule has 1 N–H and O–H groups in total. The van der Waals surface area contributed by atoms with Crippen LogP contribution in [0.15, 0.2) is 34.7 Å². The summed E-state index contributed by atoms with van der Waals surface area (Å²) in [5.41, 5.74) is 0.770. The highest BCUT2D eigenvalue weighted by Gasteiger charge is 2.22. The predicted octanol–water partition coefficient (Wildman–Crippen LogP) is 1.28. The Kier molecular flexibility index (Phi) is 5.51. The van der Waals surface area contributed by atoms with Crippen LogP contribution in [-0.2, 0) is 16.6 Å². The molecule has 0 radical (unpaired) electrons. The van der Waals surface area contributed by atoms with E-state index in [4.69, 9.17) is 0 Å². The average Bonchev–Trinajstić information content (AvgIpc) is 3.13. The van der Waals surface area contributed by atoms with Crippen LogP contribution in [-0.4, -0.2) is 56.5 Å². The third kappa shape index (κ3) is 4.18. The van der Waals surface area contributed by atoms with E-state index in [-0.39, 0.29) is 15.8 Å². The van der Waals surface area contributed by atoms with Crippen molar-refractivity contribution < 1.29 is 13.3 Å². The molecule has 0 amide bonds. The number of hydrogen-bond acceptors (Lipinski definition) is 8. The number of nitrogens with one attached hydrogen (secondary N) is 1. The highest BCUT2D eigenvalue weighted by Crippen LogP contribution is 2.28. The van der Waals surface area contributed by atoms with Gasteiger partial charge in [0.05, 0.1) is 4.92 Å². The Morgan fingerprint density at radius 3 is 2.65 bits per heavy atom. The number of thiophene rings is 1. The van der Waals surface area contributed by atoms with Crippen molar-refractivity contribution in [1.82, 2.24) is 14.6 Å². The Morgan fingerprint density at radius 1 is 1.27 bits per heavy atom. The van der Waals surface area contributed by atoms with Crippen LogP contribution in [0.25, 0.3) is 0 Å². The molecule has 1 aliphatic heterocycles. The Hall–Kier alpha value is -2.08. The first-order valence-electron chi connectivity index (χ1n) is 7.98. The van der Waals surface area contributed by atoms with Gasteiger partial charge in [0, 0.05) is 50.6 Å². The van der Waals surface area contributed by atoms with Crippen LogP contribution >= 0.6 is 11.3 Å². The molecule has 3 rings (SSSR count). The zero-order valence-corrected chi connectivity index (χ0v) is 15.8. The molecule has 1 saturated heterocycles. The van der Waals surface area contributed by atoms with E-state index in [9.17, 15) is 18.5 Å². The van der Waals surface area contributed by atoms with Crippen LogP contribution in [0.2, 0.25) is 0 Å². The second kappa shape index (κ2) is 7.66. The van der Waals surface area contributed by atoms with Gasteiger partial charge in [0.25, 0.3) is 10.0 Å². The van der Waals surface area contributed by atoms with Crippen LogP contribution in [0.3, 0.4) is 0 Å². The number of aromatic nitrogens is 1. The maximum atomic E-state index is 12.4. The lowest BCUT2D eigenvalue weighted by Gasteiger charge is -2.34. The van der Waals surface area contributed by atoms with Gasteiger partial charge in [-0.05, 0) is 30.5 Å². The zero-order valence-electron chi connectivity index (χ0n) is 14.2. The van der Waals surface area contributed by atoms with Crippen molar-refractivity contribution >= 4 is 32.2 Å². The third-order valence-corrected chi connectivity index (χ3v) is 7.06. The molecule has 0 spiro atoms. The fourth-order valence-corrected chi connectivity index (χ4v) is 4.83. The molecule has 0 aliphatic carbocycles. The van der Waals surface area contributed by atoms with E-state index in [0.29, 0.717) is 11.3 Å². The molecule has 2 aromatic rings. The van der Waals surface area contributed by atoms with Crippen molar-refractivity contribution in [3.05, 3.63) is 46.1 Å². The summed E-state index contributed by atoms with van der Waals surface area (Å²) in [6.07, 6.45) is 1.69. The van der Waals surface area contributed by atoms with Crippen molar-refractivity contribution in [2.24, 2.45) is 0 Å². The Morgan fingerprint density at radius 2 is 2.00 bits per heavy atom. The van der Waals surface area contributed by atoms with Gasteiger partial charge in [-0.25, -0.2) is 18.1 Å². The number of likely N-dealkylation sites (N-methyl/N-ethyl adjacent to an activating group) is 1. The molecule has 0 unspecified atom stereocenters. The van der Waals surface area contributed by atoms with Crippen molar-refractivity contribution in [1.29, 1.82) is 0 Å². The fraction of sp³-hybridized carbons (Fsp3) is 0.400. The van der Waals surface area contributed by atoms with Crippen LogP contribution in [0.1, 0.15) is 5.56 Å². The summed E-state index contributed by atoms with van der Waals surface area (Å²) < 4.78 is 27.3. The summed E-state index contributed by atoms with van der Waals surface area (Å²) in [6.45, 7) is 3.56. The highest BCUT2D eigenvalue weighted by atomic mass is 32.2. The molecule has 2 aromatic heterocycles. The minimum atomic E-state index is -3.82. The van der Waals surface area contributed by atoms with E-state index >= 15 is 0 Å². The molecule has 0 saturated carbocycles. The van der Waals surface area contributed by atoms with Gasteiger partial charge in [-0.1, -0.05) is 6.07 Å². The molecule has 0 atom stereocenters. The number of pyridine rings is 1.